The monoisotopic (exact) mass is 314 g/mol. The Morgan fingerprint density at radius 1 is 1.17 bits per heavy atom. The van der Waals surface area contributed by atoms with Crippen LogP contribution in [0.25, 0.3) is 0 Å². The zero-order chi connectivity index (χ0) is 16.8. The first-order valence-corrected chi connectivity index (χ1v) is 7.02. The molecule has 0 aliphatic heterocycles. The maximum atomic E-state index is 12.0. The second-order valence-corrected chi connectivity index (χ2v) is 4.92. The molecule has 0 unspecified atom stereocenters. The number of rotatable bonds is 5. The molecule has 23 heavy (non-hydrogen) atoms. The van der Waals surface area contributed by atoms with Crippen molar-refractivity contribution in [1.29, 1.82) is 0 Å². The van der Waals surface area contributed by atoms with Gasteiger partial charge in [0.1, 0.15) is 11.5 Å². The van der Waals surface area contributed by atoms with Crippen molar-refractivity contribution in [2.75, 3.05) is 12.4 Å². The summed E-state index contributed by atoms with van der Waals surface area (Å²) in [6, 6.07) is 11.7. The maximum absolute atomic E-state index is 12.0. The summed E-state index contributed by atoms with van der Waals surface area (Å²) in [5, 5.41) is 15.1. The summed E-state index contributed by atoms with van der Waals surface area (Å²) in [5.74, 6) is -0.232. The Kier molecular flexibility index (Phi) is 5.19. The lowest BCUT2D eigenvalue weighted by molar-refractivity contribution is 0.101. The average Bonchev–Trinajstić information content (AvgIpc) is 2.55. The number of ketones is 1. The van der Waals surface area contributed by atoms with Gasteiger partial charge in [-0.05, 0) is 18.6 Å². The Labute approximate surface area is 134 Å². The predicted molar refractivity (Wildman–Crippen MR) is 87.0 cm³/mol. The number of nitrogens with one attached hydrogen (secondary N) is 2. The van der Waals surface area contributed by atoms with Crippen molar-refractivity contribution in [3.05, 3.63) is 53.6 Å². The number of phenolic OH excluding ortho intramolecular Hbond substituents is 1. The number of amides is 2. The number of urea groups is 1. The van der Waals surface area contributed by atoms with Crippen LogP contribution in [0.2, 0.25) is 0 Å². The van der Waals surface area contributed by atoms with E-state index in [4.69, 9.17) is 4.74 Å². The van der Waals surface area contributed by atoms with Gasteiger partial charge in [0.2, 0.25) is 0 Å². The van der Waals surface area contributed by atoms with Crippen molar-refractivity contribution in [1.82, 2.24) is 5.32 Å². The minimum absolute atomic E-state index is 0.115. The average molecular weight is 314 g/mol. The van der Waals surface area contributed by atoms with E-state index < -0.39 is 6.03 Å². The summed E-state index contributed by atoms with van der Waals surface area (Å²) in [5.41, 5.74) is 1.38. The lowest BCUT2D eigenvalue weighted by Crippen LogP contribution is -2.28. The fourth-order valence-corrected chi connectivity index (χ4v) is 2.06. The van der Waals surface area contributed by atoms with Crippen LogP contribution >= 0.6 is 0 Å². The number of ether oxygens (including phenoxy) is 1. The fraction of sp³-hybridized carbons (Fsp3) is 0.176. The molecule has 2 rings (SSSR count). The molecule has 2 aromatic carbocycles. The molecule has 2 aromatic rings. The fourth-order valence-electron chi connectivity index (χ4n) is 2.06. The smallest absolute Gasteiger partial charge is 0.319 e. The Morgan fingerprint density at radius 2 is 1.87 bits per heavy atom. The highest BCUT2D eigenvalue weighted by Crippen LogP contribution is 2.32. The Balaban J connectivity index is 2.10. The van der Waals surface area contributed by atoms with Gasteiger partial charge >= 0.3 is 6.03 Å². The first-order valence-electron chi connectivity index (χ1n) is 7.02. The van der Waals surface area contributed by atoms with Crippen molar-refractivity contribution >= 4 is 17.5 Å². The van der Waals surface area contributed by atoms with Gasteiger partial charge in [-0.15, -0.1) is 0 Å². The third kappa shape index (κ3) is 4.23. The first-order chi connectivity index (χ1) is 11.0. The molecule has 0 bridgehead atoms. The molecule has 6 nitrogen and oxygen atoms in total. The zero-order valence-electron chi connectivity index (χ0n) is 12.9. The maximum Gasteiger partial charge on any atom is 0.319 e. The van der Waals surface area contributed by atoms with Crippen molar-refractivity contribution in [2.24, 2.45) is 0 Å². The van der Waals surface area contributed by atoms with Gasteiger partial charge in [0.05, 0.1) is 18.4 Å². The Hall–Kier alpha value is -3.02. The SMILES string of the molecule is COc1cc(O)c(C(C)=O)cc1NC(=O)NCc1ccccc1. The van der Waals surface area contributed by atoms with Gasteiger partial charge in [-0.3, -0.25) is 4.79 Å². The molecular weight excluding hydrogens is 296 g/mol. The van der Waals surface area contributed by atoms with Crippen LogP contribution < -0.4 is 15.4 Å². The van der Waals surface area contributed by atoms with E-state index in [1.807, 2.05) is 30.3 Å². The zero-order valence-corrected chi connectivity index (χ0v) is 12.9. The molecule has 0 atom stereocenters. The molecular formula is C17H18N2O4. The molecule has 3 N–H and O–H groups in total. The highest BCUT2D eigenvalue weighted by Gasteiger charge is 2.14. The molecule has 0 aliphatic carbocycles. The van der Waals surface area contributed by atoms with E-state index in [2.05, 4.69) is 10.6 Å². The molecule has 2 amide bonds. The van der Waals surface area contributed by atoms with Crippen LogP contribution in [-0.2, 0) is 6.54 Å². The first kappa shape index (κ1) is 16.4. The number of aromatic hydroxyl groups is 1. The van der Waals surface area contributed by atoms with Gasteiger partial charge in [-0.25, -0.2) is 4.79 Å². The highest BCUT2D eigenvalue weighted by molar-refractivity contribution is 6.00. The van der Waals surface area contributed by atoms with Gasteiger partial charge in [-0.1, -0.05) is 30.3 Å². The second-order valence-electron chi connectivity index (χ2n) is 4.92. The van der Waals surface area contributed by atoms with Gasteiger partial charge in [0.15, 0.2) is 5.78 Å². The van der Waals surface area contributed by atoms with Gasteiger partial charge in [-0.2, -0.15) is 0 Å². The summed E-state index contributed by atoms with van der Waals surface area (Å²) in [4.78, 5) is 23.5. The van der Waals surface area contributed by atoms with E-state index >= 15 is 0 Å². The number of methoxy groups -OCH3 is 1. The van der Waals surface area contributed by atoms with Crippen LogP contribution in [0.3, 0.4) is 0 Å². The summed E-state index contributed by atoms with van der Waals surface area (Å²) in [7, 11) is 1.41. The van der Waals surface area contributed by atoms with Crippen LogP contribution in [-0.4, -0.2) is 24.0 Å². The topological polar surface area (TPSA) is 87.7 Å². The minimum Gasteiger partial charge on any atom is -0.507 e. The number of hydrogen-bond acceptors (Lipinski definition) is 4. The largest absolute Gasteiger partial charge is 0.507 e. The summed E-state index contributed by atoms with van der Waals surface area (Å²) in [6.45, 7) is 1.70. The third-order valence-electron chi connectivity index (χ3n) is 3.24. The summed E-state index contributed by atoms with van der Waals surface area (Å²) in [6.07, 6.45) is 0. The standard InChI is InChI=1S/C17H18N2O4/c1-11(20)13-8-14(16(23-2)9-15(13)21)19-17(22)18-10-12-6-4-3-5-7-12/h3-9,21H,10H2,1-2H3,(H2,18,19,22). The van der Waals surface area contributed by atoms with Gasteiger partial charge in [0, 0.05) is 12.6 Å². The molecule has 0 saturated heterocycles. The molecule has 0 aromatic heterocycles. The quantitative estimate of drug-likeness (QED) is 0.585. The minimum atomic E-state index is -0.438. The number of phenols is 1. The van der Waals surface area contributed by atoms with Crippen molar-refractivity contribution in [3.8, 4) is 11.5 Å². The van der Waals surface area contributed by atoms with Crippen LogP contribution in [0.1, 0.15) is 22.8 Å². The van der Waals surface area contributed by atoms with E-state index in [1.54, 1.807) is 0 Å². The van der Waals surface area contributed by atoms with Crippen LogP contribution in [0, 0.1) is 0 Å². The number of carbonyl (C=O) groups is 2. The van der Waals surface area contributed by atoms with E-state index in [0.717, 1.165) is 5.56 Å². The molecule has 0 fully saturated rings. The predicted octanol–water partition coefficient (Wildman–Crippen LogP) is 2.93. The number of Topliss-reactive ketones (excluding diaryl/α,β-unsaturated/α-hetero) is 1. The van der Waals surface area contributed by atoms with Crippen LogP contribution in [0.15, 0.2) is 42.5 Å². The molecule has 0 spiro atoms. The summed E-state index contributed by atoms with van der Waals surface area (Å²) < 4.78 is 5.11. The number of anilines is 1. The van der Waals surface area contributed by atoms with E-state index in [-0.39, 0.29) is 22.8 Å². The van der Waals surface area contributed by atoms with E-state index in [9.17, 15) is 14.7 Å². The van der Waals surface area contributed by atoms with Crippen LogP contribution in [0.5, 0.6) is 11.5 Å². The van der Waals surface area contributed by atoms with Crippen molar-refractivity contribution in [2.45, 2.75) is 13.5 Å². The summed E-state index contributed by atoms with van der Waals surface area (Å²) >= 11 is 0. The Bertz CT molecular complexity index is 714. The van der Waals surface area contributed by atoms with E-state index in [1.165, 1.54) is 26.2 Å². The van der Waals surface area contributed by atoms with Crippen molar-refractivity contribution < 1.29 is 19.4 Å². The number of carbonyl (C=O) groups excluding carboxylic acids is 2. The van der Waals surface area contributed by atoms with Crippen LogP contribution in [0.4, 0.5) is 10.5 Å². The lowest BCUT2D eigenvalue weighted by Gasteiger charge is -2.13. The van der Waals surface area contributed by atoms with Crippen molar-refractivity contribution in [3.63, 3.8) is 0 Å². The molecule has 0 aliphatic rings. The van der Waals surface area contributed by atoms with Gasteiger partial charge in [0.25, 0.3) is 0 Å². The molecule has 0 radical (unpaired) electrons. The molecule has 6 heteroatoms. The highest BCUT2D eigenvalue weighted by atomic mass is 16.5. The third-order valence-corrected chi connectivity index (χ3v) is 3.24. The number of hydrogen-bond donors (Lipinski definition) is 3. The van der Waals surface area contributed by atoms with E-state index in [0.29, 0.717) is 12.2 Å². The lowest BCUT2D eigenvalue weighted by atomic mass is 10.1. The molecule has 0 saturated carbocycles. The van der Waals surface area contributed by atoms with Gasteiger partial charge < -0.3 is 20.5 Å². The molecule has 0 heterocycles. The molecule has 120 valence electrons. The number of benzene rings is 2. The second kappa shape index (κ2) is 7.31. The normalized spacial score (nSPS) is 10.0. The Morgan fingerprint density at radius 3 is 2.48 bits per heavy atom.